The SMILES string of the molecule is Cc1c(C=O)sc2c1c(=O)n(CC(=O)O)c(=O)n2CCC(F)(F)F. The smallest absolute Gasteiger partial charge is 0.390 e. The Kier molecular flexibility index (Phi) is 4.65. The first-order chi connectivity index (χ1) is 11.1. The number of thiophene rings is 1. The van der Waals surface area contributed by atoms with E-state index >= 15 is 0 Å². The lowest BCUT2D eigenvalue weighted by atomic mass is 10.2. The zero-order chi connectivity index (χ0) is 18.2. The minimum absolute atomic E-state index is 0.0736. The molecular weight excluding hydrogens is 353 g/mol. The van der Waals surface area contributed by atoms with E-state index in [1.54, 1.807) is 0 Å². The van der Waals surface area contributed by atoms with Gasteiger partial charge < -0.3 is 5.11 Å². The lowest BCUT2D eigenvalue weighted by Gasteiger charge is -2.12. The number of aryl methyl sites for hydroxylation is 2. The molecule has 11 heteroatoms. The van der Waals surface area contributed by atoms with Gasteiger partial charge in [-0.15, -0.1) is 11.3 Å². The minimum Gasteiger partial charge on any atom is -0.480 e. The predicted molar refractivity (Wildman–Crippen MR) is 78.8 cm³/mol. The maximum Gasteiger partial charge on any atom is 0.390 e. The highest BCUT2D eigenvalue weighted by Crippen LogP contribution is 2.27. The molecule has 0 bridgehead atoms. The maximum atomic E-state index is 12.5. The van der Waals surface area contributed by atoms with Gasteiger partial charge in [0.2, 0.25) is 0 Å². The van der Waals surface area contributed by atoms with E-state index in [0.717, 1.165) is 11.3 Å². The fourth-order valence-electron chi connectivity index (χ4n) is 2.23. The van der Waals surface area contributed by atoms with Crippen LogP contribution in [-0.2, 0) is 17.9 Å². The molecule has 7 nitrogen and oxygen atoms in total. The number of fused-ring (bicyclic) bond motifs is 1. The summed E-state index contributed by atoms with van der Waals surface area (Å²) in [5.74, 6) is -1.49. The van der Waals surface area contributed by atoms with E-state index in [0.29, 0.717) is 15.4 Å². The van der Waals surface area contributed by atoms with Crippen molar-refractivity contribution in [1.82, 2.24) is 9.13 Å². The summed E-state index contributed by atoms with van der Waals surface area (Å²) < 4.78 is 38.5. The van der Waals surface area contributed by atoms with Crippen LogP contribution in [0.2, 0.25) is 0 Å². The van der Waals surface area contributed by atoms with Gasteiger partial charge in [0.1, 0.15) is 11.4 Å². The molecule has 0 unspecified atom stereocenters. The van der Waals surface area contributed by atoms with Crippen molar-refractivity contribution in [1.29, 1.82) is 0 Å². The summed E-state index contributed by atoms with van der Waals surface area (Å²) in [7, 11) is 0. The van der Waals surface area contributed by atoms with E-state index in [-0.39, 0.29) is 20.7 Å². The summed E-state index contributed by atoms with van der Waals surface area (Å²) in [5.41, 5.74) is -1.89. The number of aldehydes is 1. The van der Waals surface area contributed by atoms with Gasteiger partial charge in [-0.05, 0) is 12.5 Å². The number of alkyl halides is 3. The molecule has 0 fully saturated rings. The van der Waals surface area contributed by atoms with Crippen LogP contribution in [0.4, 0.5) is 13.2 Å². The fraction of sp³-hybridized carbons (Fsp3) is 0.385. The van der Waals surface area contributed by atoms with Crippen molar-refractivity contribution in [3.05, 3.63) is 31.3 Å². The molecule has 0 saturated heterocycles. The Balaban J connectivity index is 2.82. The average molecular weight is 364 g/mol. The first-order valence-electron chi connectivity index (χ1n) is 6.57. The predicted octanol–water partition coefficient (Wildman–Crippen LogP) is 1.38. The number of carbonyl (C=O) groups excluding carboxylic acids is 1. The number of carboxylic acids is 1. The van der Waals surface area contributed by atoms with Crippen molar-refractivity contribution >= 4 is 33.8 Å². The summed E-state index contributed by atoms with van der Waals surface area (Å²) in [6.45, 7) is -0.351. The molecule has 0 spiro atoms. The highest BCUT2D eigenvalue weighted by Gasteiger charge is 2.28. The van der Waals surface area contributed by atoms with Crippen LogP contribution in [0.5, 0.6) is 0 Å². The lowest BCUT2D eigenvalue weighted by Crippen LogP contribution is -2.41. The van der Waals surface area contributed by atoms with Crippen LogP contribution in [0.15, 0.2) is 9.59 Å². The molecule has 2 heterocycles. The first kappa shape index (κ1) is 17.9. The molecule has 2 aromatic heterocycles. The summed E-state index contributed by atoms with van der Waals surface area (Å²) in [4.78, 5) is 46.5. The Bertz CT molecular complexity index is 938. The molecule has 0 saturated carbocycles. The van der Waals surface area contributed by atoms with Crippen molar-refractivity contribution in [2.45, 2.75) is 32.6 Å². The van der Waals surface area contributed by atoms with Gasteiger partial charge in [-0.25, -0.2) is 9.36 Å². The highest BCUT2D eigenvalue weighted by molar-refractivity contribution is 7.20. The second-order valence-corrected chi connectivity index (χ2v) is 6.00. The van der Waals surface area contributed by atoms with Gasteiger partial charge >= 0.3 is 17.8 Å². The van der Waals surface area contributed by atoms with Gasteiger partial charge in [-0.3, -0.25) is 19.0 Å². The van der Waals surface area contributed by atoms with E-state index in [9.17, 15) is 32.3 Å². The number of aromatic nitrogens is 2. The Labute approximate surface area is 135 Å². The van der Waals surface area contributed by atoms with E-state index in [1.165, 1.54) is 6.92 Å². The molecule has 1 N–H and O–H groups in total. The fourth-order valence-corrected chi connectivity index (χ4v) is 3.37. The number of aliphatic carboxylic acids is 1. The molecule has 0 aliphatic rings. The van der Waals surface area contributed by atoms with Crippen LogP contribution >= 0.6 is 11.3 Å². The Morgan fingerprint density at radius 1 is 1.29 bits per heavy atom. The third-order valence-corrected chi connectivity index (χ3v) is 4.59. The number of carbonyl (C=O) groups is 2. The van der Waals surface area contributed by atoms with Gasteiger partial charge in [0, 0.05) is 6.54 Å². The molecule has 130 valence electrons. The lowest BCUT2D eigenvalue weighted by molar-refractivity contribution is -0.139. The quantitative estimate of drug-likeness (QED) is 0.809. The normalized spacial score (nSPS) is 11.8. The third kappa shape index (κ3) is 3.25. The number of hydrogen-bond donors (Lipinski definition) is 1. The topological polar surface area (TPSA) is 98.4 Å². The maximum absolute atomic E-state index is 12.5. The van der Waals surface area contributed by atoms with E-state index in [2.05, 4.69) is 0 Å². The Morgan fingerprint density at radius 3 is 2.42 bits per heavy atom. The number of hydrogen-bond acceptors (Lipinski definition) is 5. The van der Waals surface area contributed by atoms with Crippen LogP contribution in [0.1, 0.15) is 21.7 Å². The van der Waals surface area contributed by atoms with Crippen molar-refractivity contribution in [3.63, 3.8) is 0 Å². The summed E-state index contributed by atoms with van der Waals surface area (Å²) in [6, 6.07) is 0. The molecule has 0 atom stereocenters. The molecule has 0 radical (unpaired) electrons. The van der Waals surface area contributed by atoms with E-state index < -0.39 is 42.9 Å². The second kappa shape index (κ2) is 6.23. The number of nitrogens with zero attached hydrogens (tertiary/aromatic N) is 2. The van der Waals surface area contributed by atoms with Gasteiger partial charge in [-0.1, -0.05) is 0 Å². The molecule has 0 aliphatic heterocycles. The van der Waals surface area contributed by atoms with Crippen molar-refractivity contribution in [3.8, 4) is 0 Å². The Morgan fingerprint density at radius 2 is 1.92 bits per heavy atom. The number of halogens is 3. The van der Waals surface area contributed by atoms with Crippen LogP contribution in [0.25, 0.3) is 10.2 Å². The number of carboxylic acid groups (broad SMARTS) is 1. The van der Waals surface area contributed by atoms with Gasteiger partial charge in [0.05, 0.1) is 16.7 Å². The summed E-state index contributed by atoms with van der Waals surface area (Å²) in [6.07, 6.45) is -5.44. The minimum atomic E-state index is -4.54. The Hall–Kier alpha value is -2.43. The zero-order valence-electron chi connectivity index (χ0n) is 12.2. The molecule has 2 aromatic rings. The molecule has 0 aliphatic carbocycles. The zero-order valence-corrected chi connectivity index (χ0v) is 13.0. The van der Waals surface area contributed by atoms with Gasteiger partial charge in [-0.2, -0.15) is 13.2 Å². The summed E-state index contributed by atoms with van der Waals surface area (Å²) in [5, 5.41) is 8.70. The van der Waals surface area contributed by atoms with Gasteiger partial charge in [0.25, 0.3) is 5.56 Å². The first-order valence-corrected chi connectivity index (χ1v) is 7.39. The van der Waals surface area contributed by atoms with Gasteiger partial charge in [0.15, 0.2) is 6.29 Å². The van der Waals surface area contributed by atoms with Crippen LogP contribution < -0.4 is 11.2 Å². The molecule has 0 aromatic carbocycles. The standard InChI is InChI=1S/C13H11F3N2O5S/c1-6-7(5-19)24-11-9(6)10(22)18(4-8(20)21)12(23)17(11)3-2-13(14,15)16/h5H,2-4H2,1H3,(H,20,21). The van der Waals surface area contributed by atoms with Crippen molar-refractivity contribution in [2.24, 2.45) is 0 Å². The number of rotatable bonds is 5. The van der Waals surface area contributed by atoms with E-state index in [4.69, 9.17) is 5.11 Å². The van der Waals surface area contributed by atoms with E-state index in [1.807, 2.05) is 0 Å². The molecule has 2 rings (SSSR count). The monoisotopic (exact) mass is 364 g/mol. The summed E-state index contributed by atoms with van der Waals surface area (Å²) >= 11 is 0.724. The third-order valence-electron chi connectivity index (χ3n) is 3.35. The second-order valence-electron chi connectivity index (χ2n) is 4.97. The largest absolute Gasteiger partial charge is 0.480 e. The molecule has 0 amide bonds. The van der Waals surface area contributed by atoms with Crippen LogP contribution in [0, 0.1) is 6.92 Å². The van der Waals surface area contributed by atoms with Crippen molar-refractivity contribution in [2.75, 3.05) is 0 Å². The average Bonchev–Trinajstić information content (AvgIpc) is 2.79. The van der Waals surface area contributed by atoms with Crippen molar-refractivity contribution < 1.29 is 27.9 Å². The molecular formula is C13H11F3N2O5S. The van der Waals surface area contributed by atoms with Crippen LogP contribution in [0.3, 0.4) is 0 Å². The van der Waals surface area contributed by atoms with Crippen LogP contribution in [-0.4, -0.2) is 32.7 Å². The highest BCUT2D eigenvalue weighted by atomic mass is 32.1. The molecule has 24 heavy (non-hydrogen) atoms.